The first-order valence-electron chi connectivity index (χ1n) is 0. The maximum atomic E-state index is 0. The molecule has 0 unspecified atom stereocenters. The zero-order valence-corrected chi connectivity index (χ0v) is 7.67. The fraction of sp³-hybridized carbons (Fsp3) is 0. The van der Waals surface area contributed by atoms with E-state index >= 15 is 0 Å². The van der Waals surface area contributed by atoms with Gasteiger partial charge in [-0.1, -0.05) is 0 Å². The Hall–Kier alpha value is 1.74. The quantitative estimate of drug-likeness (QED) is 0.312. The van der Waals surface area contributed by atoms with Gasteiger partial charge in [-0.2, -0.15) is 0 Å². The van der Waals surface area contributed by atoms with Gasteiger partial charge in [0.25, 0.3) is 0 Å². The van der Waals surface area contributed by atoms with Gasteiger partial charge in [-0.3, -0.25) is 0 Å². The predicted molar refractivity (Wildman–Crippen MR) is 5.75 cm³/mol. The molecule has 0 saturated carbocycles. The molecule has 0 rings (SSSR count). The summed E-state index contributed by atoms with van der Waals surface area (Å²) >= 11 is 0. The van der Waals surface area contributed by atoms with Gasteiger partial charge in [0.05, 0.1) is 0 Å². The summed E-state index contributed by atoms with van der Waals surface area (Å²) in [7, 11) is 0. The van der Waals surface area contributed by atoms with Gasteiger partial charge in [0.2, 0.25) is 0 Å². The minimum atomic E-state index is 0. The van der Waals surface area contributed by atoms with Gasteiger partial charge in [-0.15, -0.1) is 0 Å². The van der Waals surface area contributed by atoms with Crippen LogP contribution in [0.2, 0.25) is 0 Å². The Balaban J connectivity index is 0. The van der Waals surface area contributed by atoms with E-state index < -0.39 is 0 Å². The molecule has 0 nitrogen and oxygen atoms in total. The molecule has 0 aromatic heterocycles. The average Bonchev–Trinajstić information content (AvgIpc) is 0. The molecule has 19 valence electrons. The number of hydrogen-bond donors (Lipinski definition) is 0. The van der Waals surface area contributed by atoms with E-state index in [0.29, 0.717) is 0 Å². The van der Waals surface area contributed by atoms with Crippen molar-refractivity contribution < 1.29 is 44.3 Å². The van der Waals surface area contributed by atoms with Crippen LogP contribution < -0.4 is 24.8 Å². The van der Waals surface area contributed by atoms with Crippen molar-refractivity contribution in [2.75, 3.05) is 0 Å². The molecule has 0 atom stereocenters. The van der Waals surface area contributed by atoms with Crippen molar-refractivity contribution in [3.05, 3.63) is 0 Å². The first-order valence-corrected chi connectivity index (χ1v) is 0. The molecule has 0 aliphatic carbocycles. The van der Waals surface area contributed by atoms with Gasteiger partial charge in [-0.05, 0) is 0 Å². The van der Waals surface area contributed by atoms with Crippen molar-refractivity contribution in [1.29, 1.82) is 0 Å². The van der Waals surface area contributed by atoms with E-state index in [1.807, 2.05) is 0 Å². The molecule has 0 aromatic carbocycles. The molecular formula is AlCl2Zn. The van der Waals surface area contributed by atoms with Crippen molar-refractivity contribution in [2.24, 2.45) is 0 Å². The molecule has 4 heavy (non-hydrogen) atoms. The van der Waals surface area contributed by atoms with Gasteiger partial charge in [0, 0.05) is 17.4 Å². The summed E-state index contributed by atoms with van der Waals surface area (Å²) in [6.45, 7) is 0. The Labute approximate surface area is 61.4 Å². The summed E-state index contributed by atoms with van der Waals surface area (Å²) < 4.78 is 0. The van der Waals surface area contributed by atoms with E-state index in [2.05, 4.69) is 0 Å². The monoisotopic (exact) mass is 161 g/mol. The first kappa shape index (κ1) is 42.7. The van der Waals surface area contributed by atoms with Crippen LogP contribution in [0.25, 0.3) is 0 Å². The maximum Gasteiger partial charge on any atom is 2.00 e. The van der Waals surface area contributed by atoms with Gasteiger partial charge in [0.1, 0.15) is 0 Å². The van der Waals surface area contributed by atoms with Crippen molar-refractivity contribution in [3.8, 4) is 0 Å². The second-order valence-corrected chi connectivity index (χ2v) is 0. The Bertz CT molecular complexity index is 6.00. The number of rotatable bonds is 0. The average molecular weight is 163 g/mol. The van der Waals surface area contributed by atoms with Crippen LogP contribution in [0.1, 0.15) is 0 Å². The Kier molecular flexibility index (Phi) is 234. The molecule has 0 amide bonds. The van der Waals surface area contributed by atoms with E-state index in [1.165, 1.54) is 0 Å². The molecular weight excluding hydrogens is 163 g/mol. The van der Waals surface area contributed by atoms with E-state index in [-0.39, 0.29) is 61.7 Å². The molecule has 0 aliphatic heterocycles. The van der Waals surface area contributed by atoms with Crippen LogP contribution in [0.4, 0.5) is 0 Å². The third-order valence-corrected chi connectivity index (χ3v) is 0. The molecule has 0 heterocycles. The SMILES string of the molecule is [Al].[Cl-].[Cl-].[Zn+2]. The maximum absolute atomic E-state index is 0. The van der Waals surface area contributed by atoms with Gasteiger partial charge in [-0.25, -0.2) is 0 Å². The van der Waals surface area contributed by atoms with Crippen LogP contribution in [0.3, 0.4) is 0 Å². The third kappa shape index (κ3) is 9.28. The normalized spacial score (nSPS) is 0. The van der Waals surface area contributed by atoms with Crippen LogP contribution in [-0.2, 0) is 19.5 Å². The molecule has 0 bridgehead atoms. The standard InChI is InChI=1S/Al.2ClH.Zn/h;2*1H;/q;;;+2/p-2. The van der Waals surface area contributed by atoms with E-state index in [9.17, 15) is 0 Å². The summed E-state index contributed by atoms with van der Waals surface area (Å²) in [5, 5.41) is 0. The van der Waals surface area contributed by atoms with Crippen molar-refractivity contribution in [1.82, 2.24) is 0 Å². The summed E-state index contributed by atoms with van der Waals surface area (Å²) in [4.78, 5) is 0. The first-order chi connectivity index (χ1) is 0. The molecule has 0 aliphatic rings. The van der Waals surface area contributed by atoms with Crippen molar-refractivity contribution >= 4 is 17.4 Å². The van der Waals surface area contributed by atoms with Gasteiger partial charge in [0.15, 0.2) is 0 Å². The summed E-state index contributed by atoms with van der Waals surface area (Å²) in [5.41, 5.74) is 0. The Morgan fingerprint density at radius 3 is 0.750 bits per heavy atom. The molecule has 4 heteroatoms. The number of halogens is 2. The van der Waals surface area contributed by atoms with Crippen molar-refractivity contribution in [3.63, 3.8) is 0 Å². The van der Waals surface area contributed by atoms with Gasteiger partial charge >= 0.3 is 19.5 Å². The number of hydrogen-bond acceptors (Lipinski definition) is 0. The van der Waals surface area contributed by atoms with E-state index in [0.717, 1.165) is 0 Å². The summed E-state index contributed by atoms with van der Waals surface area (Å²) in [6.07, 6.45) is 0. The Morgan fingerprint density at radius 1 is 0.750 bits per heavy atom. The largest absolute Gasteiger partial charge is 2.00 e. The minimum absolute atomic E-state index is 0. The van der Waals surface area contributed by atoms with Gasteiger partial charge < -0.3 is 24.8 Å². The topological polar surface area (TPSA) is 0 Å². The van der Waals surface area contributed by atoms with Crippen LogP contribution in [0.5, 0.6) is 0 Å². The van der Waals surface area contributed by atoms with E-state index in [4.69, 9.17) is 0 Å². The second kappa shape index (κ2) is 21.9. The van der Waals surface area contributed by atoms with Crippen LogP contribution in [0.15, 0.2) is 0 Å². The van der Waals surface area contributed by atoms with Crippen LogP contribution in [0, 0.1) is 0 Å². The molecule has 0 fully saturated rings. The third-order valence-electron chi connectivity index (χ3n) is 0. The predicted octanol–water partition coefficient (Wildman–Crippen LogP) is -6.38. The van der Waals surface area contributed by atoms with Crippen LogP contribution >= 0.6 is 0 Å². The zero-order chi connectivity index (χ0) is 0. The fourth-order valence-corrected chi connectivity index (χ4v) is 0. The summed E-state index contributed by atoms with van der Waals surface area (Å²) in [6, 6.07) is 0. The molecule has 0 aromatic rings. The zero-order valence-electron chi connectivity index (χ0n) is 2.04. The van der Waals surface area contributed by atoms with E-state index in [1.54, 1.807) is 0 Å². The smallest absolute Gasteiger partial charge is 1.00 e. The minimum Gasteiger partial charge on any atom is -1.00 e. The molecule has 0 saturated heterocycles. The second-order valence-electron chi connectivity index (χ2n) is 0. The molecule has 3 radical (unpaired) electrons. The van der Waals surface area contributed by atoms with Crippen LogP contribution in [-0.4, -0.2) is 17.4 Å². The molecule has 0 spiro atoms. The fourth-order valence-electron chi connectivity index (χ4n) is 0. The molecule has 0 N–H and O–H groups in total. The Morgan fingerprint density at radius 2 is 0.750 bits per heavy atom. The summed E-state index contributed by atoms with van der Waals surface area (Å²) in [5.74, 6) is 0. The van der Waals surface area contributed by atoms with Crippen molar-refractivity contribution in [2.45, 2.75) is 0 Å².